The molecule has 0 unspecified atom stereocenters. The zero-order valence-electron chi connectivity index (χ0n) is 33.4. The van der Waals surface area contributed by atoms with Crippen molar-refractivity contribution >= 4 is 55.5 Å². The van der Waals surface area contributed by atoms with Crippen LogP contribution in [0.5, 0.6) is 5.75 Å². The number of benzene rings is 6. The predicted molar refractivity (Wildman–Crippen MR) is 241 cm³/mol. The van der Waals surface area contributed by atoms with E-state index in [0.717, 1.165) is 17.7 Å². The first-order chi connectivity index (χ1) is 28.2. The predicted octanol–water partition coefficient (Wildman–Crippen LogP) is 12.4. The minimum absolute atomic E-state index is 0. The molecular formula is C48H51BF4NO2P2Rh-. The Morgan fingerprint density at radius 1 is 0.542 bits per heavy atom. The van der Waals surface area contributed by atoms with Gasteiger partial charge < -0.3 is 26.5 Å². The number of fused-ring (bicyclic) bond motifs is 1. The second-order valence-electron chi connectivity index (χ2n) is 13.8. The molecule has 11 heteroatoms. The van der Waals surface area contributed by atoms with Crippen LogP contribution in [0.4, 0.5) is 17.3 Å². The van der Waals surface area contributed by atoms with Crippen molar-refractivity contribution in [2.24, 2.45) is 0 Å². The van der Waals surface area contributed by atoms with Crippen LogP contribution in [-0.2, 0) is 24.0 Å². The van der Waals surface area contributed by atoms with E-state index in [9.17, 15) is 17.3 Å². The number of halogens is 4. The van der Waals surface area contributed by atoms with Gasteiger partial charge in [-0.1, -0.05) is 182 Å². The summed E-state index contributed by atoms with van der Waals surface area (Å²) in [5.41, 5.74) is 0. The van der Waals surface area contributed by atoms with E-state index in [-0.39, 0.29) is 31.6 Å². The Labute approximate surface area is 363 Å². The van der Waals surface area contributed by atoms with E-state index in [1.165, 1.54) is 52.3 Å². The monoisotopic (exact) mass is 925 g/mol. The standard InChI is InChI=1S/C40H39NO2P2.C8H12.BF4.Rh/c1-32(2)41(44(35-20-7-3-8-21-35)36-22-9-4-10-23-36)30-34(31-42-40-29-17-19-33-18-15-16-28-39(33)40)43-45(37-24-11-5-12-25-37)38-26-13-6-14-27-38;1-2-4-6-8-7-5-3-1;2-1(3,4)5;/h3-29,32,34H,30-31H2,1-2H3;1-2,7-8H,3-6H2;;/q;;-1;/b;2-1-,8-7-;;/t34-;;;/m0.../s1. The molecule has 0 heterocycles. The zero-order chi connectivity index (χ0) is 41.0. The van der Waals surface area contributed by atoms with Crippen molar-refractivity contribution in [3.63, 3.8) is 0 Å². The molecule has 0 aliphatic heterocycles. The molecule has 0 spiro atoms. The summed E-state index contributed by atoms with van der Waals surface area (Å²) in [6, 6.07) is 58.0. The van der Waals surface area contributed by atoms with Crippen LogP contribution < -0.4 is 26.0 Å². The van der Waals surface area contributed by atoms with Crippen LogP contribution in [0.25, 0.3) is 10.8 Å². The fraction of sp³-hybridized carbons (Fsp3) is 0.208. The third-order valence-electron chi connectivity index (χ3n) is 8.99. The topological polar surface area (TPSA) is 21.7 Å². The molecule has 0 aromatic heterocycles. The quantitative estimate of drug-likeness (QED) is 0.0499. The molecule has 311 valence electrons. The van der Waals surface area contributed by atoms with Crippen LogP contribution >= 0.6 is 16.2 Å². The molecule has 1 atom stereocenters. The summed E-state index contributed by atoms with van der Waals surface area (Å²) in [5.74, 6) is 0.884. The van der Waals surface area contributed by atoms with Gasteiger partial charge in [-0.3, -0.25) is 4.67 Å². The van der Waals surface area contributed by atoms with E-state index in [1.54, 1.807) is 0 Å². The summed E-state index contributed by atoms with van der Waals surface area (Å²) in [4.78, 5) is 0. The first kappa shape index (κ1) is 47.7. The number of hydrogen-bond acceptors (Lipinski definition) is 3. The van der Waals surface area contributed by atoms with Crippen molar-refractivity contribution in [3.8, 4) is 5.75 Å². The van der Waals surface area contributed by atoms with Crippen LogP contribution in [0.3, 0.4) is 0 Å². The molecule has 0 amide bonds. The molecule has 0 N–H and O–H groups in total. The van der Waals surface area contributed by atoms with Crippen molar-refractivity contribution in [1.82, 2.24) is 4.67 Å². The van der Waals surface area contributed by atoms with Crippen LogP contribution in [0.1, 0.15) is 39.5 Å². The van der Waals surface area contributed by atoms with Gasteiger partial charge in [0, 0.05) is 56.1 Å². The number of nitrogens with zero attached hydrogens (tertiary/aromatic N) is 1. The van der Waals surface area contributed by atoms with Gasteiger partial charge in [0.05, 0.1) is 8.15 Å². The van der Waals surface area contributed by atoms with E-state index in [1.807, 2.05) is 0 Å². The van der Waals surface area contributed by atoms with Crippen LogP contribution in [0.15, 0.2) is 188 Å². The Hall–Kier alpha value is -3.95. The maximum atomic E-state index is 9.75. The summed E-state index contributed by atoms with van der Waals surface area (Å²) in [6.07, 6.45) is 13.8. The average molecular weight is 926 g/mol. The molecule has 1 radical (unpaired) electrons. The number of allylic oxidation sites excluding steroid dienone is 4. The van der Waals surface area contributed by atoms with Gasteiger partial charge in [-0.05, 0) is 61.6 Å². The summed E-state index contributed by atoms with van der Waals surface area (Å²) < 4.78 is 55.6. The van der Waals surface area contributed by atoms with Gasteiger partial charge >= 0.3 is 7.25 Å². The number of rotatable bonds is 13. The largest absolute Gasteiger partial charge is 0.673 e. The molecule has 3 nitrogen and oxygen atoms in total. The molecule has 6 aromatic carbocycles. The Bertz CT molecular complexity index is 2000. The summed E-state index contributed by atoms with van der Waals surface area (Å²) in [6.45, 7) is 5.74. The molecule has 0 bridgehead atoms. The summed E-state index contributed by atoms with van der Waals surface area (Å²) >= 11 is 0. The molecule has 1 aliphatic carbocycles. The molecule has 0 saturated heterocycles. The zero-order valence-corrected chi connectivity index (χ0v) is 36.8. The smallest absolute Gasteiger partial charge is 0.490 e. The average Bonchev–Trinajstić information content (AvgIpc) is 3.22. The second-order valence-corrected chi connectivity index (χ2v) is 17.8. The van der Waals surface area contributed by atoms with Gasteiger partial charge in [0.1, 0.15) is 18.5 Å². The SMILES string of the molecule is C1=C\CC/C=C\CC/1.CC(C)N(C[C@@H](COc1cccc2ccccc12)OP(c1ccccc1)c1ccccc1)P(c1ccccc1)c1ccccc1.F[B-](F)(F)F.[Rh]. The van der Waals surface area contributed by atoms with Gasteiger partial charge in [-0.2, -0.15) is 0 Å². The molecule has 0 fully saturated rings. The van der Waals surface area contributed by atoms with Gasteiger partial charge in [-0.25, -0.2) is 0 Å². The van der Waals surface area contributed by atoms with Gasteiger partial charge in [0.15, 0.2) is 0 Å². The van der Waals surface area contributed by atoms with Crippen molar-refractivity contribution in [3.05, 3.63) is 188 Å². The Morgan fingerprint density at radius 2 is 0.932 bits per heavy atom. The van der Waals surface area contributed by atoms with Crippen molar-refractivity contribution in [2.75, 3.05) is 13.2 Å². The minimum atomic E-state index is -6.00. The summed E-state index contributed by atoms with van der Waals surface area (Å²) in [7, 11) is -7.89. The molecule has 7 rings (SSSR count). The van der Waals surface area contributed by atoms with Crippen LogP contribution in [0.2, 0.25) is 0 Å². The number of hydrogen-bond donors (Lipinski definition) is 0. The second kappa shape index (κ2) is 25.6. The first-order valence-corrected chi connectivity index (χ1v) is 22.2. The van der Waals surface area contributed by atoms with Crippen molar-refractivity contribution < 1.29 is 46.0 Å². The van der Waals surface area contributed by atoms with Gasteiger partial charge in [0.2, 0.25) is 0 Å². The Balaban J connectivity index is 0.000000471. The normalized spacial score (nSPS) is 14.2. The fourth-order valence-corrected chi connectivity index (χ4v) is 10.8. The van der Waals surface area contributed by atoms with E-state index in [4.69, 9.17) is 9.26 Å². The third kappa shape index (κ3) is 16.6. The third-order valence-corrected chi connectivity index (χ3v) is 13.7. The molecular weight excluding hydrogens is 874 g/mol. The minimum Gasteiger partial charge on any atom is -0.490 e. The van der Waals surface area contributed by atoms with E-state index >= 15 is 0 Å². The maximum Gasteiger partial charge on any atom is 0.673 e. The molecule has 6 aromatic rings. The first-order valence-electron chi connectivity index (χ1n) is 19.7. The van der Waals surface area contributed by atoms with Crippen molar-refractivity contribution in [2.45, 2.75) is 51.7 Å². The van der Waals surface area contributed by atoms with Crippen molar-refractivity contribution in [1.29, 1.82) is 0 Å². The van der Waals surface area contributed by atoms with E-state index in [2.05, 4.69) is 207 Å². The van der Waals surface area contributed by atoms with Gasteiger partial charge in [-0.15, -0.1) is 0 Å². The van der Waals surface area contributed by atoms with E-state index < -0.39 is 23.5 Å². The molecule has 59 heavy (non-hydrogen) atoms. The summed E-state index contributed by atoms with van der Waals surface area (Å²) in [5, 5.41) is 7.33. The van der Waals surface area contributed by atoms with Crippen LogP contribution in [-0.4, -0.2) is 37.2 Å². The number of ether oxygens (including phenoxy) is 1. The Kier molecular flexibility index (Phi) is 20.7. The maximum absolute atomic E-state index is 9.75. The Morgan fingerprint density at radius 3 is 1.37 bits per heavy atom. The molecule has 1 aliphatic rings. The van der Waals surface area contributed by atoms with E-state index in [0.29, 0.717) is 6.61 Å². The van der Waals surface area contributed by atoms with Crippen LogP contribution in [0, 0.1) is 0 Å². The van der Waals surface area contributed by atoms with Gasteiger partial charge in [0.25, 0.3) is 0 Å². The fourth-order valence-electron chi connectivity index (χ4n) is 6.34. The molecule has 0 saturated carbocycles.